The summed E-state index contributed by atoms with van der Waals surface area (Å²) in [6.07, 6.45) is 3.55. The quantitative estimate of drug-likeness (QED) is 0.595. The fraction of sp³-hybridized carbons (Fsp3) is 0.476. The molecule has 0 bridgehead atoms. The van der Waals surface area contributed by atoms with Crippen molar-refractivity contribution >= 4 is 38.4 Å². The van der Waals surface area contributed by atoms with Crippen LogP contribution in [0.3, 0.4) is 0 Å². The number of nitrogens with one attached hydrogen (secondary N) is 1. The number of rotatable bonds is 5. The highest BCUT2D eigenvalue weighted by Crippen LogP contribution is 2.28. The molecule has 3 aromatic rings. The van der Waals surface area contributed by atoms with Crippen LogP contribution in [0.2, 0.25) is 0 Å². The lowest BCUT2D eigenvalue weighted by Gasteiger charge is -2.34. The normalized spacial score (nSPS) is 19.7. The Kier molecular flexibility index (Phi) is 5.38. The molecule has 0 aromatic carbocycles. The third-order valence-corrected chi connectivity index (χ3v) is 8.34. The van der Waals surface area contributed by atoms with Gasteiger partial charge in [0.2, 0.25) is 0 Å². The summed E-state index contributed by atoms with van der Waals surface area (Å²) in [5, 5.41) is 3.69. The number of aromatic nitrogens is 3. The van der Waals surface area contributed by atoms with Gasteiger partial charge in [0, 0.05) is 36.6 Å². The molecule has 9 heteroatoms. The van der Waals surface area contributed by atoms with Crippen LogP contribution in [-0.4, -0.2) is 44.7 Å². The number of hydrogen-bond donors (Lipinski definition) is 1. The van der Waals surface area contributed by atoms with Gasteiger partial charge in [0.05, 0.1) is 16.0 Å². The van der Waals surface area contributed by atoms with E-state index in [1.54, 1.807) is 26.5 Å². The van der Waals surface area contributed by atoms with E-state index >= 15 is 0 Å². The fourth-order valence-corrected chi connectivity index (χ4v) is 6.22. The molecule has 0 amide bonds. The Bertz CT molecular complexity index is 1180. The summed E-state index contributed by atoms with van der Waals surface area (Å²) in [4.78, 5) is 32.8. The Balaban J connectivity index is 1.22. The SMILES string of the molecule is Cc1cc(CNC2CCN(CC3Cn4c(=O)ccc5ncc(=O)n3c54)CC2)sc1Br. The summed E-state index contributed by atoms with van der Waals surface area (Å²) >= 11 is 5.39. The summed E-state index contributed by atoms with van der Waals surface area (Å²) in [6, 6.07) is 5.98. The van der Waals surface area contributed by atoms with Crippen LogP contribution < -0.4 is 16.4 Å². The Morgan fingerprint density at radius 3 is 2.77 bits per heavy atom. The standard InChI is InChI=1S/C21H24BrN5O2S/c1-13-8-16(30-20(13)22)9-23-14-4-6-25(7-5-14)11-15-12-26-18(28)3-2-17-21(26)27(15)19(29)10-24-17/h2-3,8,10,14-15,23H,4-7,9,11-12H2,1H3. The molecule has 0 spiro atoms. The smallest absolute Gasteiger partial charge is 0.270 e. The third kappa shape index (κ3) is 3.68. The van der Waals surface area contributed by atoms with Gasteiger partial charge in [-0.15, -0.1) is 11.3 Å². The van der Waals surface area contributed by atoms with E-state index in [1.807, 2.05) is 0 Å². The molecule has 1 fully saturated rings. The number of nitrogens with zero attached hydrogens (tertiary/aromatic N) is 4. The average molecular weight is 490 g/mol. The highest BCUT2D eigenvalue weighted by Gasteiger charge is 2.29. The van der Waals surface area contributed by atoms with E-state index in [0.717, 1.165) is 39.0 Å². The van der Waals surface area contributed by atoms with Crippen molar-refractivity contribution in [3.8, 4) is 0 Å². The molecule has 3 aromatic heterocycles. The van der Waals surface area contributed by atoms with E-state index in [9.17, 15) is 9.59 Å². The van der Waals surface area contributed by atoms with E-state index in [-0.39, 0.29) is 17.2 Å². The molecule has 7 nitrogen and oxygen atoms in total. The minimum atomic E-state index is -0.127. The van der Waals surface area contributed by atoms with Crippen molar-refractivity contribution in [3.63, 3.8) is 0 Å². The molecule has 1 N–H and O–H groups in total. The van der Waals surface area contributed by atoms with Gasteiger partial charge in [0.15, 0.2) is 0 Å². The Hall–Kier alpha value is -1.81. The first-order chi connectivity index (χ1) is 14.5. The summed E-state index contributed by atoms with van der Waals surface area (Å²) in [6.45, 7) is 6.35. The number of piperidine rings is 1. The average Bonchev–Trinajstić information content (AvgIpc) is 3.27. The maximum Gasteiger partial charge on any atom is 0.270 e. The molecule has 1 atom stereocenters. The van der Waals surface area contributed by atoms with Gasteiger partial charge in [-0.05, 0) is 66.5 Å². The third-order valence-electron chi connectivity index (χ3n) is 6.20. The highest BCUT2D eigenvalue weighted by molar-refractivity contribution is 9.11. The predicted molar refractivity (Wildman–Crippen MR) is 122 cm³/mol. The number of thiophene rings is 1. The molecular formula is C21H24BrN5O2S. The summed E-state index contributed by atoms with van der Waals surface area (Å²) < 4.78 is 4.68. The van der Waals surface area contributed by atoms with Gasteiger partial charge in [0.1, 0.15) is 11.2 Å². The lowest BCUT2D eigenvalue weighted by Crippen LogP contribution is -2.44. The van der Waals surface area contributed by atoms with E-state index in [2.05, 4.69) is 44.1 Å². The van der Waals surface area contributed by atoms with Gasteiger partial charge in [-0.3, -0.25) is 18.7 Å². The van der Waals surface area contributed by atoms with Crippen molar-refractivity contribution in [3.05, 3.63) is 59.3 Å². The molecule has 30 heavy (non-hydrogen) atoms. The van der Waals surface area contributed by atoms with Crippen LogP contribution in [0.4, 0.5) is 0 Å². The van der Waals surface area contributed by atoms with Crippen molar-refractivity contribution in [1.82, 2.24) is 24.3 Å². The Labute approximate surface area is 186 Å². The maximum absolute atomic E-state index is 12.5. The zero-order chi connectivity index (χ0) is 20.8. The molecule has 2 aliphatic heterocycles. The molecule has 0 saturated carbocycles. The van der Waals surface area contributed by atoms with Crippen LogP contribution in [0.15, 0.2) is 37.8 Å². The largest absolute Gasteiger partial charge is 0.309 e. The summed E-state index contributed by atoms with van der Waals surface area (Å²) in [5.41, 5.74) is 2.47. The second-order valence-corrected chi connectivity index (χ2v) is 10.7. The van der Waals surface area contributed by atoms with Gasteiger partial charge < -0.3 is 10.2 Å². The number of likely N-dealkylation sites (tertiary alicyclic amines) is 1. The monoisotopic (exact) mass is 489 g/mol. The molecule has 1 saturated heterocycles. The molecular weight excluding hydrogens is 466 g/mol. The molecule has 2 aliphatic rings. The van der Waals surface area contributed by atoms with Crippen LogP contribution in [0.25, 0.3) is 11.2 Å². The molecule has 158 valence electrons. The number of aryl methyl sites for hydroxylation is 1. The van der Waals surface area contributed by atoms with Crippen molar-refractivity contribution in [2.45, 2.75) is 44.9 Å². The van der Waals surface area contributed by atoms with Gasteiger partial charge in [-0.2, -0.15) is 0 Å². The summed E-state index contributed by atoms with van der Waals surface area (Å²) in [5.74, 6) is 0. The van der Waals surface area contributed by atoms with Gasteiger partial charge in [-0.1, -0.05) is 0 Å². The summed E-state index contributed by atoms with van der Waals surface area (Å²) in [7, 11) is 0. The Morgan fingerprint density at radius 2 is 2.03 bits per heavy atom. The molecule has 5 rings (SSSR count). The maximum atomic E-state index is 12.5. The van der Waals surface area contributed by atoms with E-state index in [0.29, 0.717) is 23.8 Å². The van der Waals surface area contributed by atoms with E-state index in [4.69, 9.17) is 0 Å². The topological polar surface area (TPSA) is 72.2 Å². The van der Waals surface area contributed by atoms with E-state index < -0.39 is 0 Å². The van der Waals surface area contributed by atoms with Crippen molar-refractivity contribution < 1.29 is 0 Å². The Morgan fingerprint density at radius 1 is 1.23 bits per heavy atom. The van der Waals surface area contributed by atoms with Gasteiger partial charge in [0.25, 0.3) is 11.1 Å². The minimum Gasteiger partial charge on any atom is -0.309 e. The van der Waals surface area contributed by atoms with E-state index in [1.165, 1.54) is 26.5 Å². The van der Waals surface area contributed by atoms with Crippen LogP contribution in [0.1, 0.15) is 29.3 Å². The lowest BCUT2D eigenvalue weighted by atomic mass is 10.0. The number of hydrogen-bond acceptors (Lipinski definition) is 6. The first-order valence-electron chi connectivity index (χ1n) is 10.3. The van der Waals surface area contributed by atoms with Crippen molar-refractivity contribution in [2.24, 2.45) is 0 Å². The molecule has 0 radical (unpaired) electrons. The second-order valence-electron chi connectivity index (χ2n) is 8.24. The lowest BCUT2D eigenvalue weighted by molar-refractivity contribution is 0.171. The zero-order valence-corrected chi connectivity index (χ0v) is 19.2. The highest BCUT2D eigenvalue weighted by atomic mass is 79.9. The molecule has 5 heterocycles. The second kappa shape index (κ2) is 8.03. The first-order valence-corrected chi connectivity index (χ1v) is 11.9. The molecule has 1 unspecified atom stereocenters. The van der Waals surface area contributed by atoms with Gasteiger partial charge in [-0.25, -0.2) is 4.98 Å². The van der Waals surface area contributed by atoms with Crippen molar-refractivity contribution in [2.75, 3.05) is 19.6 Å². The fourth-order valence-electron chi connectivity index (χ4n) is 4.64. The van der Waals surface area contributed by atoms with Gasteiger partial charge >= 0.3 is 0 Å². The van der Waals surface area contributed by atoms with Crippen LogP contribution in [-0.2, 0) is 13.1 Å². The minimum absolute atomic E-state index is 0.0194. The zero-order valence-electron chi connectivity index (χ0n) is 16.8. The van der Waals surface area contributed by atoms with Crippen LogP contribution >= 0.6 is 27.3 Å². The first kappa shape index (κ1) is 20.1. The van der Waals surface area contributed by atoms with Crippen LogP contribution in [0, 0.1) is 6.92 Å². The number of halogens is 1. The predicted octanol–water partition coefficient (Wildman–Crippen LogP) is 2.50. The molecule has 0 aliphatic carbocycles. The van der Waals surface area contributed by atoms with Crippen molar-refractivity contribution in [1.29, 1.82) is 0 Å². The number of pyridine rings is 1. The van der Waals surface area contributed by atoms with Crippen LogP contribution in [0.5, 0.6) is 0 Å².